The number of carbonyl (C=O) groups is 3. The van der Waals surface area contributed by atoms with E-state index in [9.17, 15) is 14.4 Å². The van der Waals surface area contributed by atoms with Gasteiger partial charge in [-0.15, -0.1) is 0 Å². The molecule has 6 nitrogen and oxygen atoms in total. The first kappa shape index (κ1) is 19.9. The molecule has 0 unspecified atom stereocenters. The number of Topliss-reactive ketones (excluding diaryl/α,β-unsaturated/α-hetero) is 1. The second kappa shape index (κ2) is 8.83. The Labute approximate surface area is 154 Å². The molecule has 1 N–H and O–H groups in total. The van der Waals surface area contributed by atoms with Crippen LogP contribution in [0.4, 0.5) is 5.69 Å². The highest BCUT2D eigenvalue weighted by Gasteiger charge is 2.32. The molecule has 0 aromatic heterocycles. The topological polar surface area (TPSA) is 75.7 Å². The molecule has 0 saturated carbocycles. The second-order valence-corrected chi connectivity index (χ2v) is 6.97. The summed E-state index contributed by atoms with van der Waals surface area (Å²) >= 11 is 0. The molecular weight excluding hydrogens is 332 g/mol. The molecule has 6 heteroatoms. The molecule has 0 aliphatic carbocycles. The molecule has 1 aromatic rings. The molecule has 1 aliphatic heterocycles. The lowest BCUT2D eigenvalue weighted by Gasteiger charge is -2.34. The molecular formula is C20H28N2O4. The number of rotatable bonds is 7. The van der Waals surface area contributed by atoms with E-state index in [4.69, 9.17) is 4.74 Å². The summed E-state index contributed by atoms with van der Waals surface area (Å²) in [6.45, 7) is 8.20. The number of fused-ring (bicyclic) bond motifs is 1. The number of nitrogens with one attached hydrogen (secondary N) is 1. The Balaban J connectivity index is 2.13. The Hall–Kier alpha value is -2.37. The van der Waals surface area contributed by atoms with Crippen molar-refractivity contribution in [3.8, 4) is 0 Å². The van der Waals surface area contributed by atoms with Crippen LogP contribution in [-0.4, -0.2) is 43.4 Å². The normalized spacial score (nSPS) is 17.4. The molecule has 1 heterocycles. The van der Waals surface area contributed by atoms with E-state index < -0.39 is 6.04 Å². The maximum absolute atomic E-state index is 12.5. The predicted molar refractivity (Wildman–Crippen MR) is 100 cm³/mol. The van der Waals surface area contributed by atoms with Gasteiger partial charge in [0.15, 0.2) is 5.78 Å². The first-order chi connectivity index (χ1) is 12.3. The Morgan fingerprint density at radius 3 is 2.58 bits per heavy atom. The van der Waals surface area contributed by atoms with Crippen molar-refractivity contribution in [1.82, 2.24) is 5.32 Å². The molecule has 1 amide bonds. The van der Waals surface area contributed by atoms with E-state index in [-0.39, 0.29) is 36.0 Å². The van der Waals surface area contributed by atoms with Gasteiger partial charge in [-0.2, -0.15) is 0 Å². The van der Waals surface area contributed by atoms with Gasteiger partial charge in [-0.1, -0.05) is 32.0 Å². The number of ketones is 1. The number of hydrogen-bond donors (Lipinski definition) is 1. The van der Waals surface area contributed by atoms with Crippen LogP contribution < -0.4 is 10.2 Å². The zero-order valence-electron chi connectivity index (χ0n) is 16.0. The number of para-hydroxylation sites is 1. The third-order valence-electron chi connectivity index (χ3n) is 4.67. The van der Waals surface area contributed by atoms with Gasteiger partial charge in [0.05, 0.1) is 25.1 Å². The van der Waals surface area contributed by atoms with Crippen LogP contribution in [0, 0.1) is 5.92 Å². The van der Waals surface area contributed by atoms with Crippen LogP contribution in [0.3, 0.4) is 0 Å². The Kier molecular flexibility index (Phi) is 6.77. The van der Waals surface area contributed by atoms with Gasteiger partial charge in [-0.25, -0.2) is 0 Å². The molecule has 0 saturated heterocycles. The fourth-order valence-electron chi connectivity index (χ4n) is 3.41. The number of carbonyl (C=O) groups excluding carboxylic acids is 3. The van der Waals surface area contributed by atoms with Crippen molar-refractivity contribution in [3.63, 3.8) is 0 Å². The van der Waals surface area contributed by atoms with Crippen LogP contribution in [-0.2, 0) is 19.1 Å². The first-order valence-corrected chi connectivity index (χ1v) is 9.15. The van der Waals surface area contributed by atoms with Crippen LogP contribution >= 0.6 is 0 Å². The maximum atomic E-state index is 12.5. The number of anilines is 1. The van der Waals surface area contributed by atoms with Gasteiger partial charge in [0.1, 0.15) is 0 Å². The maximum Gasteiger partial charge on any atom is 0.313 e. The molecule has 2 rings (SSSR count). The van der Waals surface area contributed by atoms with Crippen LogP contribution in [0.25, 0.3) is 0 Å². The van der Waals surface area contributed by atoms with Crippen LogP contribution in [0.5, 0.6) is 0 Å². The van der Waals surface area contributed by atoms with Crippen molar-refractivity contribution in [2.75, 3.05) is 24.6 Å². The average molecular weight is 360 g/mol. The fraction of sp³-hybridized carbons (Fsp3) is 0.550. The quantitative estimate of drug-likeness (QED) is 0.755. The zero-order chi connectivity index (χ0) is 19.3. The first-order valence-electron chi connectivity index (χ1n) is 9.15. The highest BCUT2D eigenvalue weighted by molar-refractivity contribution is 5.90. The van der Waals surface area contributed by atoms with E-state index in [1.807, 2.05) is 43.0 Å². The summed E-state index contributed by atoms with van der Waals surface area (Å²) in [7, 11) is 0. The Morgan fingerprint density at radius 2 is 1.96 bits per heavy atom. The predicted octanol–water partition coefficient (Wildman–Crippen LogP) is 2.27. The van der Waals surface area contributed by atoms with Crippen molar-refractivity contribution in [1.29, 1.82) is 0 Å². The molecule has 26 heavy (non-hydrogen) atoms. The van der Waals surface area contributed by atoms with Gasteiger partial charge in [-0.3, -0.25) is 14.4 Å². The lowest BCUT2D eigenvalue weighted by molar-refractivity contribution is -0.145. The van der Waals surface area contributed by atoms with E-state index in [2.05, 4.69) is 5.32 Å². The third kappa shape index (κ3) is 4.62. The lowest BCUT2D eigenvalue weighted by atomic mass is 9.90. The lowest BCUT2D eigenvalue weighted by Crippen LogP contribution is -2.48. The highest BCUT2D eigenvalue weighted by atomic mass is 16.5. The van der Waals surface area contributed by atoms with Gasteiger partial charge >= 0.3 is 5.97 Å². The summed E-state index contributed by atoms with van der Waals surface area (Å²) in [5.74, 6) is -0.719. The van der Waals surface area contributed by atoms with E-state index in [0.717, 1.165) is 11.3 Å². The second-order valence-electron chi connectivity index (χ2n) is 6.97. The minimum absolute atomic E-state index is 0.0401. The molecule has 2 atom stereocenters. The summed E-state index contributed by atoms with van der Waals surface area (Å²) in [5.41, 5.74) is 1.76. The SMILES string of the molecule is CCOC(=O)[C@H]1CCN(CC(=O)N[C@@H](C(C)=O)C(C)C)c2ccccc21. The van der Waals surface area contributed by atoms with Crippen molar-refractivity contribution >= 4 is 23.3 Å². The molecule has 1 aromatic carbocycles. The average Bonchev–Trinajstić information content (AvgIpc) is 2.59. The van der Waals surface area contributed by atoms with Gasteiger partial charge < -0.3 is 15.0 Å². The minimum atomic E-state index is -0.477. The number of hydrogen-bond acceptors (Lipinski definition) is 5. The molecule has 0 fully saturated rings. The van der Waals surface area contributed by atoms with E-state index >= 15 is 0 Å². The summed E-state index contributed by atoms with van der Waals surface area (Å²) in [4.78, 5) is 38.4. The summed E-state index contributed by atoms with van der Waals surface area (Å²) in [6.07, 6.45) is 0.601. The van der Waals surface area contributed by atoms with Crippen LogP contribution in [0.15, 0.2) is 24.3 Å². The highest BCUT2D eigenvalue weighted by Crippen LogP contribution is 2.35. The van der Waals surface area contributed by atoms with Crippen molar-refractivity contribution in [2.24, 2.45) is 5.92 Å². The molecule has 142 valence electrons. The zero-order valence-corrected chi connectivity index (χ0v) is 16.0. The standard InChI is InChI=1S/C20H28N2O4/c1-5-26-20(25)16-10-11-22(17-9-7-6-8-15(16)17)12-18(24)21-19(13(2)3)14(4)23/h6-9,13,16,19H,5,10-12H2,1-4H3,(H,21,24)/t16-,19+/m0/s1. The number of esters is 1. The third-order valence-corrected chi connectivity index (χ3v) is 4.67. The number of ether oxygens (including phenoxy) is 1. The molecule has 0 bridgehead atoms. The van der Waals surface area contributed by atoms with Crippen LogP contribution in [0.1, 0.15) is 45.6 Å². The molecule has 1 aliphatic rings. The summed E-state index contributed by atoms with van der Waals surface area (Å²) in [5, 5.41) is 2.83. The number of nitrogens with zero attached hydrogens (tertiary/aromatic N) is 1. The van der Waals surface area contributed by atoms with Gasteiger partial charge in [0.25, 0.3) is 0 Å². The van der Waals surface area contributed by atoms with Crippen molar-refractivity contribution < 1.29 is 19.1 Å². The summed E-state index contributed by atoms with van der Waals surface area (Å²) < 4.78 is 5.19. The summed E-state index contributed by atoms with van der Waals surface area (Å²) in [6, 6.07) is 7.13. The van der Waals surface area contributed by atoms with Gasteiger partial charge in [0.2, 0.25) is 5.91 Å². The van der Waals surface area contributed by atoms with E-state index in [1.54, 1.807) is 6.92 Å². The smallest absolute Gasteiger partial charge is 0.313 e. The molecule has 0 spiro atoms. The van der Waals surface area contributed by atoms with E-state index in [1.165, 1.54) is 6.92 Å². The molecule has 0 radical (unpaired) electrons. The fourth-order valence-corrected chi connectivity index (χ4v) is 3.41. The van der Waals surface area contributed by atoms with E-state index in [0.29, 0.717) is 19.6 Å². The van der Waals surface area contributed by atoms with Crippen molar-refractivity contribution in [2.45, 2.75) is 46.1 Å². The van der Waals surface area contributed by atoms with Crippen molar-refractivity contribution in [3.05, 3.63) is 29.8 Å². The van der Waals surface area contributed by atoms with Gasteiger partial charge in [0, 0.05) is 12.2 Å². The van der Waals surface area contributed by atoms with Crippen LogP contribution in [0.2, 0.25) is 0 Å². The van der Waals surface area contributed by atoms with Gasteiger partial charge in [-0.05, 0) is 37.8 Å². The minimum Gasteiger partial charge on any atom is -0.466 e. The largest absolute Gasteiger partial charge is 0.466 e. The number of benzene rings is 1. The Bertz CT molecular complexity index is 672. The number of amides is 1. The Morgan fingerprint density at radius 1 is 1.27 bits per heavy atom. The monoisotopic (exact) mass is 360 g/mol.